The molecule has 0 saturated heterocycles. The van der Waals surface area contributed by atoms with Crippen LogP contribution < -0.4 is 16.0 Å². The quantitative estimate of drug-likeness (QED) is 0.687. The molecule has 0 saturated carbocycles. The molecule has 88 valence electrons. The van der Waals surface area contributed by atoms with E-state index in [9.17, 15) is 4.79 Å². The molecule has 1 aromatic rings. The second-order valence-electron chi connectivity index (χ2n) is 3.46. The molecule has 6 nitrogen and oxygen atoms in total. The molecular formula is C10H17N5O. The summed E-state index contributed by atoms with van der Waals surface area (Å²) in [6.45, 7) is 3.66. The Morgan fingerprint density at radius 1 is 1.44 bits per heavy atom. The molecule has 3 N–H and O–H groups in total. The number of aryl methyl sites for hydroxylation is 1. The Bertz CT molecular complexity index is 379. The average Bonchev–Trinajstić information content (AvgIpc) is 2.30. The normalized spacial score (nSPS) is 11.8. The lowest BCUT2D eigenvalue weighted by Crippen LogP contribution is -2.35. The van der Waals surface area contributed by atoms with Gasteiger partial charge in [0, 0.05) is 25.9 Å². The number of hydrogen-bond donors (Lipinski definition) is 3. The number of carbonyl (C=O) groups is 1. The molecule has 0 aliphatic heterocycles. The maximum atomic E-state index is 11.3. The Kier molecular flexibility index (Phi) is 4.04. The van der Waals surface area contributed by atoms with Crippen LogP contribution in [0.1, 0.15) is 12.5 Å². The Hall–Kier alpha value is -1.85. The maximum absolute atomic E-state index is 11.3. The van der Waals surface area contributed by atoms with Crippen molar-refractivity contribution in [3.63, 3.8) is 0 Å². The zero-order valence-electron chi connectivity index (χ0n) is 9.96. The maximum Gasteiger partial charge on any atom is 0.241 e. The van der Waals surface area contributed by atoms with Crippen molar-refractivity contribution >= 4 is 17.7 Å². The van der Waals surface area contributed by atoms with Gasteiger partial charge in [-0.15, -0.1) is 0 Å². The van der Waals surface area contributed by atoms with Crippen LogP contribution in [0.15, 0.2) is 6.20 Å². The predicted octanol–water partition coefficient (Wildman–Crippen LogP) is 0.373. The first-order valence-corrected chi connectivity index (χ1v) is 5.08. The van der Waals surface area contributed by atoms with Gasteiger partial charge in [-0.1, -0.05) is 0 Å². The molecule has 6 heteroatoms. The molecule has 0 aliphatic rings. The number of anilines is 2. The minimum Gasteiger partial charge on any atom is -0.358 e. The van der Waals surface area contributed by atoms with Gasteiger partial charge in [-0.05, 0) is 13.8 Å². The molecule has 16 heavy (non-hydrogen) atoms. The van der Waals surface area contributed by atoms with E-state index in [0.717, 1.165) is 5.56 Å². The van der Waals surface area contributed by atoms with Crippen LogP contribution in [0.25, 0.3) is 0 Å². The van der Waals surface area contributed by atoms with Crippen molar-refractivity contribution < 1.29 is 4.79 Å². The fourth-order valence-corrected chi connectivity index (χ4v) is 1.20. The molecule has 1 amide bonds. The minimum atomic E-state index is -0.330. The number of nitrogens with one attached hydrogen (secondary N) is 3. The van der Waals surface area contributed by atoms with Crippen LogP contribution in [0, 0.1) is 6.92 Å². The molecule has 0 aromatic carbocycles. The zero-order valence-corrected chi connectivity index (χ0v) is 9.96. The van der Waals surface area contributed by atoms with E-state index in [1.54, 1.807) is 27.2 Å². The van der Waals surface area contributed by atoms with Crippen LogP contribution in [-0.4, -0.2) is 36.0 Å². The second kappa shape index (κ2) is 5.29. The summed E-state index contributed by atoms with van der Waals surface area (Å²) in [5, 5.41) is 8.45. The Labute approximate surface area is 94.9 Å². The van der Waals surface area contributed by atoms with E-state index in [0.29, 0.717) is 11.8 Å². The standard InChI is InChI=1S/C10H17N5O/c1-6-5-13-10(12-4)15-8(6)14-7(2)9(16)11-3/h5,7H,1-4H3,(H,11,16)(H2,12,13,14,15). The zero-order chi connectivity index (χ0) is 12.1. The largest absolute Gasteiger partial charge is 0.358 e. The summed E-state index contributed by atoms with van der Waals surface area (Å²) >= 11 is 0. The highest BCUT2D eigenvalue weighted by Gasteiger charge is 2.12. The highest BCUT2D eigenvalue weighted by Crippen LogP contribution is 2.13. The molecule has 1 rings (SSSR count). The summed E-state index contributed by atoms with van der Waals surface area (Å²) in [6, 6.07) is -0.330. The molecular weight excluding hydrogens is 206 g/mol. The van der Waals surface area contributed by atoms with Crippen molar-refractivity contribution in [2.75, 3.05) is 24.7 Å². The molecule has 0 aliphatic carbocycles. The van der Waals surface area contributed by atoms with E-state index < -0.39 is 0 Å². The molecule has 1 unspecified atom stereocenters. The van der Waals surface area contributed by atoms with Gasteiger partial charge < -0.3 is 16.0 Å². The van der Waals surface area contributed by atoms with E-state index in [4.69, 9.17) is 0 Å². The third-order valence-electron chi connectivity index (χ3n) is 2.19. The molecule has 1 atom stereocenters. The van der Waals surface area contributed by atoms with Crippen molar-refractivity contribution in [2.24, 2.45) is 0 Å². The summed E-state index contributed by atoms with van der Waals surface area (Å²) in [5.41, 5.74) is 0.898. The Morgan fingerprint density at radius 3 is 2.69 bits per heavy atom. The molecule has 0 radical (unpaired) electrons. The first kappa shape index (κ1) is 12.2. The van der Waals surface area contributed by atoms with E-state index >= 15 is 0 Å². The fraction of sp³-hybridized carbons (Fsp3) is 0.500. The number of hydrogen-bond acceptors (Lipinski definition) is 5. The van der Waals surface area contributed by atoms with Crippen LogP contribution in [0.2, 0.25) is 0 Å². The molecule has 1 heterocycles. The fourth-order valence-electron chi connectivity index (χ4n) is 1.20. The molecule has 0 bridgehead atoms. The van der Waals surface area contributed by atoms with Gasteiger partial charge in [-0.3, -0.25) is 4.79 Å². The highest BCUT2D eigenvalue weighted by atomic mass is 16.2. The van der Waals surface area contributed by atoms with Crippen molar-refractivity contribution in [2.45, 2.75) is 19.9 Å². The molecule has 0 spiro atoms. The SMILES string of the molecule is CNC(=O)C(C)Nc1nc(NC)ncc1C. The smallest absolute Gasteiger partial charge is 0.241 e. The van der Waals surface area contributed by atoms with E-state index in [1.165, 1.54) is 0 Å². The summed E-state index contributed by atoms with van der Waals surface area (Å²) < 4.78 is 0. The number of aromatic nitrogens is 2. The van der Waals surface area contributed by atoms with Gasteiger partial charge in [0.2, 0.25) is 11.9 Å². The number of amides is 1. The van der Waals surface area contributed by atoms with Gasteiger partial charge in [0.25, 0.3) is 0 Å². The van der Waals surface area contributed by atoms with Crippen LogP contribution in [0.4, 0.5) is 11.8 Å². The lowest BCUT2D eigenvalue weighted by atomic mass is 10.3. The van der Waals surface area contributed by atoms with Gasteiger partial charge in [0.05, 0.1) is 0 Å². The van der Waals surface area contributed by atoms with Crippen LogP contribution in [-0.2, 0) is 4.79 Å². The summed E-state index contributed by atoms with van der Waals surface area (Å²) in [7, 11) is 3.35. The number of carbonyl (C=O) groups excluding carboxylic acids is 1. The summed E-state index contributed by atoms with van der Waals surface area (Å²) in [5.74, 6) is 1.11. The Balaban J connectivity index is 2.83. The highest BCUT2D eigenvalue weighted by molar-refractivity contribution is 5.83. The average molecular weight is 223 g/mol. The van der Waals surface area contributed by atoms with Crippen molar-refractivity contribution in [1.82, 2.24) is 15.3 Å². The van der Waals surface area contributed by atoms with Gasteiger partial charge in [0.15, 0.2) is 0 Å². The Morgan fingerprint density at radius 2 is 2.12 bits per heavy atom. The van der Waals surface area contributed by atoms with Crippen LogP contribution in [0.5, 0.6) is 0 Å². The van der Waals surface area contributed by atoms with Crippen molar-refractivity contribution in [1.29, 1.82) is 0 Å². The van der Waals surface area contributed by atoms with Crippen molar-refractivity contribution in [3.05, 3.63) is 11.8 Å². The first-order valence-electron chi connectivity index (χ1n) is 5.08. The minimum absolute atomic E-state index is 0.0796. The van der Waals surface area contributed by atoms with Gasteiger partial charge in [-0.2, -0.15) is 4.98 Å². The number of nitrogens with zero attached hydrogens (tertiary/aromatic N) is 2. The third-order valence-corrected chi connectivity index (χ3v) is 2.19. The van der Waals surface area contributed by atoms with Gasteiger partial charge in [-0.25, -0.2) is 4.98 Å². The third kappa shape index (κ3) is 2.82. The van der Waals surface area contributed by atoms with E-state index in [-0.39, 0.29) is 11.9 Å². The second-order valence-corrected chi connectivity index (χ2v) is 3.46. The van der Waals surface area contributed by atoms with Gasteiger partial charge >= 0.3 is 0 Å². The van der Waals surface area contributed by atoms with E-state index in [1.807, 2.05) is 6.92 Å². The van der Waals surface area contributed by atoms with Crippen LogP contribution >= 0.6 is 0 Å². The monoisotopic (exact) mass is 223 g/mol. The molecule has 0 fully saturated rings. The number of rotatable bonds is 4. The van der Waals surface area contributed by atoms with E-state index in [2.05, 4.69) is 25.9 Å². The van der Waals surface area contributed by atoms with Gasteiger partial charge in [0.1, 0.15) is 11.9 Å². The topological polar surface area (TPSA) is 78.9 Å². The summed E-state index contributed by atoms with van der Waals surface area (Å²) in [4.78, 5) is 19.7. The predicted molar refractivity (Wildman–Crippen MR) is 63.5 cm³/mol. The lowest BCUT2D eigenvalue weighted by molar-refractivity contribution is -0.121. The van der Waals surface area contributed by atoms with Crippen molar-refractivity contribution in [3.8, 4) is 0 Å². The summed E-state index contributed by atoms with van der Waals surface area (Å²) in [6.07, 6.45) is 1.71. The number of likely N-dealkylation sites (N-methyl/N-ethyl adjacent to an activating group) is 1. The molecule has 1 aromatic heterocycles. The lowest BCUT2D eigenvalue weighted by Gasteiger charge is -2.14. The first-order chi connectivity index (χ1) is 7.58. The van der Waals surface area contributed by atoms with Crippen LogP contribution in [0.3, 0.4) is 0 Å².